The second kappa shape index (κ2) is 8.68. The van der Waals surface area contributed by atoms with Gasteiger partial charge >= 0.3 is 0 Å². The van der Waals surface area contributed by atoms with Gasteiger partial charge in [0.2, 0.25) is 0 Å². The molecule has 0 radical (unpaired) electrons. The summed E-state index contributed by atoms with van der Waals surface area (Å²) in [6.45, 7) is 8.30. The molecule has 2 aromatic carbocycles. The molecule has 130 valence electrons. The fourth-order valence-corrected chi connectivity index (χ4v) is 2.35. The van der Waals surface area contributed by atoms with E-state index in [1.54, 1.807) is 48.5 Å². The molecule has 0 aromatic heterocycles. The molecule has 2 amide bonds. The lowest BCUT2D eigenvalue weighted by Crippen LogP contribution is -2.25. The number of carbonyl (C=O) groups excluding carboxylic acids is 2. The van der Waals surface area contributed by atoms with Crippen LogP contribution < -0.4 is 15.4 Å². The third-order valence-electron chi connectivity index (χ3n) is 3.56. The molecular weight excluding hydrogens is 316 g/mol. The summed E-state index contributed by atoms with van der Waals surface area (Å²) in [5.74, 6) is 0.206. The average Bonchev–Trinajstić information content (AvgIpc) is 2.62. The molecule has 0 spiro atoms. The van der Waals surface area contributed by atoms with Gasteiger partial charge in [-0.1, -0.05) is 18.2 Å². The number of nitrogens with one attached hydrogen (secondary N) is 2. The topological polar surface area (TPSA) is 67.4 Å². The lowest BCUT2D eigenvalue weighted by molar-refractivity contribution is 0.0959. The van der Waals surface area contributed by atoms with Gasteiger partial charge in [0.25, 0.3) is 11.8 Å². The number of rotatable bonds is 7. The van der Waals surface area contributed by atoms with Crippen LogP contribution in [0, 0.1) is 6.92 Å². The van der Waals surface area contributed by atoms with Crippen LogP contribution in [-0.4, -0.2) is 25.0 Å². The molecule has 0 aliphatic carbocycles. The molecule has 0 bridgehead atoms. The number of anilines is 1. The fourth-order valence-electron chi connectivity index (χ4n) is 2.35. The van der Waals surface area contributed by atoms with Gasteiger partial charge in [-0.05, 0) is 49.7 Å². The van der Waals surface area contributed by atoms with E-state index in [0.29, 0.717) is 30.0 Å². The highest BCUT2D eigenvalue weighted by Gasteiger charge is 2.14. The predicted molar refractivity (Wildman–Crippen MR) is 99.3 cm³/mol. The van der Waals surface area contributed by atoms with E-state index < -0.39 is 0 Å². The molecule has 2 aromatic rings. The standard InChI is InChI=1S/C20H22N2O3/c1-4-12-21-20(24)16-8-6-7-9-17(16)22-19(23)15-10-11-18(25-5-2)14(3)13-15/h4,6-11,13H,1,5,12H2,2-3H3,(H,21,24)(H,22,23). The summed E-state index contributed by atoms with van der Waals surface area (Å²) in [6, 6.07) is 12.1. The number of ether oxygens (including phenoxy) is 1. The smallest absolute Gasteiger partial charge is 0.255 e. The van der Waals surface area contributed by atoms with Crippen LogP contribution >= 0.6 is 0 Å². The van der Waals surface area contributed by atoms with Crippen LogP contribution in [0.1, 0.15) is 33.2 Å². The van der Waals surface area contributed by atoms with Gasteiger partial charge in [0.1, 0.15) is 5.75 Å². The van der Waals surface area contributed by atoms with Crippen molar-refractivity contribution in [3.63, 3.8) is 0 Å². The summed E-state index contributed by atoms with van der Waals surface area (Å²) in [5, 5.41) is 5.50. The van der Waals surface area contributed by atoms with Gasteiger partial charge in [0.05, 0.1) is 17.9 Å². The van der Waals surface area contributed by atoms with E-state index in [-0.39, 0.29) is 11.8 Å². The van der Waals surface area contributed by atoms with Crippen molar-refractivity contribution in [1.82, 2.24) is 5.32 Å². The monoisotopic (exact) mass is 338 g/mol. The van der Waals surface area contributed by atoms with Gasteiger partial charge in [-0.15, -0.1) is 6.58 Å². The van der Waals surface area contributed by atoms with Crippen LogP contribution in [0.25, 0.3) is 0 Å². The van der Waals surface area contributed by atoms with E-state index in [1.165, 1.54) is 0 Å². The molecule has 0 aliphatic heterocycles. The van der Waals surface area contributed by atoms with Crippen molar-refractivity contribution in [2.24, 2.45) is 0 Å². The van der Waals surface area contributed by atoms with Crippen LogP contribution in [-0.2, 0) is 0 Å². The van der Waals surface area contributed by atoms with E-state index in [2.05, 4.69) is 17.2 Å². The first-order valence-electron chi connectivity index (χ1n) is 8.09. The van der Waals surface area contributed by atoms with E-state index in [0.717, 1.165) is 11.3 Å². The maximum absolute atomic E-state index is 12.5. The minimum Gasteiger partial charge on any atom is -0.494 e. The van der Waals surface area contributed by atoms with E-state index in [9.17, 15) is 9.59 Å². The second-order valence-electron chi connectivity index (χ2n) is 5.41. The molecule has 5 heteroatoms. The molecule has 0 saturated heterocycles. The molecule has 0 saturated carbocycles. The highest BCUT2D eigenvalue weighted by molar-refractivity contribution is 6.09. The lowest BCUT2D eigenvalue weighted by Gasteiger charge is -2.12. The Morgan fingerprint density at radius 1 is 1.16 bits per heavy atom. The Kier molecular flexibility index (Phi) is 6.34. The molecule has 0 fully saturated rings. The third-order valence-corrected chi connectivity index (χ3v) is 3.56. The zero-order valence-corrected chi connectivity index (χ0v) is 14.5. The number of carbonyl (C=O) groups is 2. The second-order valence-corrected chi connectivity index (χ2v) is 5.41. The number of para-hydroxylation sites is 1. The quantitative estimate of drug-likeness (QED) is 0.759. The summed E-state index contributed by atoms with van der Waals surface area (Å²) in [7, 11) is 0. The van der Waals surface area contributed by atoms with Crippen molar-refractivity contribution in [3.05, 3.63) is 71.8 Å². The Bertz CT molecular complexity index is 784. The van der Waals surface area contributed by atoms with Gasteiger partial charge in [-0.3, -0.25) is 9.59 Å². The highest BCUT2D eigenvalue weighted by Crippen LogP contribution is 2.21. The first-order chi connectivity index (χ1) is 12.1. The average molecular weight is 338 g/mol. The number of amides is 2. The summed E-state index contributed by atoms with van der Waals surface area (Å²) in [6.07, 6.45) is 1.60. The number of hydrogen-bond donors (Lipinski definition) is 2. The van der Waals surface area contributed by atoms with Crippen molar-refractivity contribution < 1.29 is 14.3 Å². The first-order valence-corrected chi connectivity index (χ1v) is 8.09. The molecule has 0 atom stereocenters. The Balaban J connectivity index is 2.19. The molecule has 2 rings (SSSR count). The van der Waals surface area contributed by atoms with Crippen molar-refractivity contribution in [3.8, 4) is 5.75 Å². The van der Waals surface area contributed by atoms with Crippen LogP contribution in [0.5, 0.6) is 5.75 Å². The van der Waals surface area contributed by atoms with Gasteiger partial charge in [0, 0.05) is 12.1 Å². The first kappa shape index (κ1) is 18.3. The Hall–Kier alpha value is -3.08. The van der Waals surface area contributed by atoms with E-state index in [4.69, 9.17) is 4.74 Å². The summed E-state index contributed by atoms with van der Waals surface area (Å²) >= 11 is 0. The Morgan fingerprint density at radius 2 is 1.92 bits per heavy atom. The van der Waals surface area contributed by atoms with Gasteiger partial charge < -0.3 is 15.4 Å². The minimum atomic E-state index is -0.282. The Morgan fingerprint density at radius 3 is 2.60 bits per heavy atom. The van der Waals surface area contributed by atoms with Crippen molar-refractivity contribution in [1.29, 1.82) is 0 Å². The number of benzene rings is 2. The van der Waals surface area contributed by atoms with E-state index in [1.807, 2.05) is 13.8 Å². The van der Waals surface area contributed by atoms with Gasteiger partial charge in [0.15, 0.2) is 0 Å². The zero-order chi connectivity index (χ0) is 18.2. The van der Waals surface area contributed by atoms with Crippen LogP contribution in [0.15, 0.2) is 55.1 Å². The fraction of sp³-hybridized carbons (Fsp3) is 0.200. The highest BCUT2D eigenvalue weighted by atomic mass is 16.5. The maximum atomic E-state index is 12.5. The molecule has 2 N–H and O–H groups in total. The lowest BCUT2D eigenvalue weighted by atomic mass is 10.1. The van der Waals surface area contributed by atoms with Crippen LogP contribution in [0.2, 0.25) is 0 Å². The molecule has 5 nitrogen and oxygen atoms in total. The third kappa shape index (κ3) is 4.70. The van der Waals surface area contributed by atoms with E-state index >= 15 is 0 Å². The molecule has 0 heterocycles. The largest absolute Gasteiger partial charge is 0.494 e. The molecule has 25 heavy (non-hydrogen) atoms. The van der Waals surface area contributed by atoms with Crippen LogP contribution in [0.4, 0.5) is 5.69 Å². The van der Waals surface area contributed by atoms with Crippen molar-refractivity contribution in [2.75, 3.05) is 18.5 Å². The Labute approximate surface area is 147 Å². The van der Waals surface area contributed by atoms with Crippen molar-refractivity contribution in [2.45, 2.75) is 13.8 Å². The molecule has 0 unspecified atom stereocenters. The summed E-state index contributed by atoms with van der Waals surface area (Å²) < 4.78 is 5.49. The minimum absolute atomic E-state index is 0.265. The SMILES string of the molecule is C=CCNC(=O)c1ccccc1NC(=O)c1ccc(OCC)c(C)c1. The molecular formula is C20H22N2O3. The summed E-state index contributed by atoms with van der Waals surface area (Å²) in [5.41, 5.74) is 2.25. The number of hydrogen-bond acceptors (Lipinski definition) is 3. The molecule has 0 aliphatic rings. The normalized spacial score (nSPS) is 10.0. The zero-order valence-electron chi connectivity index (χ0n) is 14.5. The maximum Gasteiger partial charge on any atom is 0.255 e. The van der Waals surface area contributed by atoms with Gasteiger partial charge in [-0.25, -0.2) is 0 Å². The summed E-state index contributed by atoms with van der Waals surface area (Å²) in [4.78, 5) is 24.7. The van der Waals surface area contributed by atoms with Crippen LogP contribution in [0.3, 0.4) is 0 Å². The predicted octanol–water partition coefficient (Wildman–Crippen LogP) is 3.56. The van der Waals surface area contributed by atoms with Gasteiger partial charge in [-0.2, -0.15) is 0 Å². The number of aryl methyl sites for hydroxylation is 1. The van der Waals surface area contributed by atoms with Crippen molar-refractivity contribution >= 4 is 17.5 Å².